The van der Waals surface area contributed by atoms with Crippen LogP contribution in [0.4, 0.5) is 0 Å². The fraction of sp³-hybridized carbons (Fsp3) is 0.481. The molecule has 4 aliphatic carbocycles. The van der Waals surface area contributed by atoms with E-state index in [0.717, 1.165) is 43.4 Å². The van der Waals surface area contributed by atoms with Crippen LogP contribution in [0.3, 0.4) is 0 Å². The molecule has 0 radical (unpaired) electrons. The molecule has 2 saturated carbocycles. The molecular weight excluding hydrogens is 424 g/mol. The van der Waals surface area contributed by atoms with Gasteiger partial charge in [0.15, 0.2) is 10.7 Å². The molecule has 2 fully saturated rings. The first-order chi connectivity index (χ1) is 14.8. The van der Waals surface area contributed by atoms with E-state index in [-0.39, 0.29) is 10.8 Å². The molecule has 1 aromatic carbocycles. The summed E-state index contributed by atoms with van der Waals surface area (Å²) in [6.07, 6.45) is 11.3. The van der Waals surface area contributed by atoms with Crippen LogP contribution >= 0.6 is 11.6 Å². The first kappa shape index (κ1) is 21.3. The maximum atomic E-state index is 12.9. The zero-order valence-electron chi connectivity index (χ0n) is 18.2. The van der Waals surface area contributed by atoms with Crippen molar-refractivity contribution in [1.29, 1.82) is 0 Å². The predicted octanol–water partition coefficient (Wildman–Crippen LogP) is 6.85. The van der Waals surface area contributed by atoms with Crippen molar-refractivity contribution >= 4 is 28.6 Å². The molecule has 0 amide bonds. The summed E-state index contributed by atoms with van der Waals surface area (Å²) in [5.74, 6) is 1.43. The second kappa shape index (κ2) is 7.81. The Kier molecular flexibility index (Phi) is 5.38. The standard InChI is InChI=1S/C27H29ClO2S/c1-26-14-12-20(29)16-18(26)8-10-22-23-11-9-19(27(23,2)15-13-24(22)26)17-25(28)31(30)21-6-4-3-5-7-21/h3-7,13,16,22-23H,8-12,14-15H2,1-2H3/t17?,22-,23-,26-,27+,31?/m0/s1. The van der Waals surface area contributed by atoms with Gasteiger partial charge in [0.1, 0.15) is 0 Å². The van der Waals surface area contributed by atoms with Gasteiger partial charge in [-0.3, -0.25) is 4.79 Å². The van der Waals surface area contributed by atoms with E-state index in [9.17, 15) is 9.35 Å². The molecule has 0 aromatic heterocycles. The lowest BCUT2D eigenvalue weighted by molar-refractivity contribution is -0.115. The smallest absolute Gasteiger partial charge is 0.268 e. The van der Waals surface area contributed by atoms with Crippen LogP contribution in [0.25, 0.3) is 0 Å². The van der Waals surface area contributed by atoms with Gasteiger partial charge in [0.2, 0.25) is 0 Å². The van der Waals surface area contributed by atoms with Crippen LogP contribution in [-0.2, 0) is 16.0 Å². The first-order valence-electron chi connectivity index (χ1n) is 11.4. The van der Waals surface area contributed by atoms with Crippen LogP contribution in [0, 0.1) is 22.7 Å². The van der Waals surface area contributed by atoms with E-state index in [4.69, 9.17) is 11.6 Å². The summed E-state index contributed by atoms with van der Waals surface area (Å²) in [6.45, 7) is 4.71. The zero-order chi connectivity index (χ0) is 21.8. The molecule has 4 heteroatoms. The van der Waals surface area contributed by atoms with E-state index in [1.54, 1.807) is 5.57 Å². The SMILES string of the molecule is C[C@]12CCC(=O)C=C1CC[C@@H]1C2=CC[C@]2(C)C(=C=C(Cl)[S+]([O-])c3ccccc3)CC[C@@H]12. The maximum Gasteiger partial charge on any atom is 0.268 e. The van der Waals surface area contributed by atoms with Crippen LogP contribution in [0.15, 0.2) is 74.2 Å². The van der Waals surface area contributed by atoms with Crippen molar-refractivity contribution in [3.63, 3.8) is 0 Å². The fourth-order valence-electron chi connectivity index (χ4n) is 6.69. The van der Waals surface area contributed by atoms with Gasteiger partial charge in [-0.2, -0.15) is 0 Å². The Bertz CT molecular complexity index is 1050. The largest absolute Gasteiger partial charge is 0.605 e. The lowest BCUT2D eigenvalue weighted by Crippen LogP contribution is -2.43. The molecule has 162 valence electrons. The number of carbonyl (C=O) groups excluding carboxylic acids is 1. The number of rotatable bonds is 2. The van der Waals surface area contributed by atoms with Crippen LogP contribution in [0.5, 0.6) is 0 Å². The molecule has 5 atom stereocenters. The summed E-state index contributed by atoms with van der Waals surface area (Å²) >= 11 is 5.15. The lowest BCUT2D eigenvalue weighted by Gasteiger charge is -2.52. The quantitative estimate of drug-likeness (QED) is 0.279. The van der Waals surface area contributed by atoms with Crippen molar-refractivity contribution in [2.75, 3.05) is 0 Å². The minimum atomic E-state index is -1.38. The monoisotopic (exact) mass is 452 g/mol. The van der Waals surface area contributed by atoms with Gasteiger partial charge in [-0.1, -0.05) is 49.3 Å². The van der Waals surface area contributed by atoms with Gasteiger partial charge in [-0.25, -0.2) is 0 Å². The third-order valence-electron chi connectivity index (χ3n) is 8.49. The molecular formula is C27H29ClO2S. The second-order valence-electron chi connectivity index (χ2n) is 10.00. The van der Waals surface area contributed by atoms with Crippen molar-refractivity contribution < 1.29 is 9.35 Å². The van der Waals surface area contributed by atoms with E-state index in [2.05, 4.69) is 25.7 Å². The predicted molar refractivity (Wildman–Crippen MR) is 126 cm³/mol. The summed E-state index contributed by atoms with van der Waals surface area (Å²) in [4.78, 5) is 12.7. The van der Waals surface area contributed by atoms with Crippen LogP contribution in [0.1, 0.15) is 58.8 Å². The summed E-state index contributed by atoms with van der Waals surface area (Å²) in [7, 11) is 0. The molecule has 0 N–H and O–H groups in total. The van der Waals surface area contributed by atoms with Gasteiger partial charge < -0.3 is 4.55 Å². The summed E-state index contributed by atoms with van der Waals surface area (Å²) < 4.78 is 13.2. The Morgan fingerprint density at radius 3 is 2.71 bits per heavy atom. The zero-order valence-corrected chi connectivity index (χ0v) is 19.8. The number of ketones is 1. The minimum absolute atomic E-state index is 0.0251. The molecule has 4 aliphatic rings. The van der Waals surface area contributed by atoms with Crippen molar-refractivity contribution in [3.05, 3.63) is 69.3 Å². The van der Waals surface area contributed by atoms with Gasteiger partial charge in [-0.15, -0.1) is 0 Å². The number of hydrogen-bond donors (Lipinski definition) is 0. The molecule has 0 heterocycles. The highest BCUT2D eigenvalue weighted by Crippen LogP contribution is 2.64. The highest BCUT2D eigenvalue weighted by atomic mass is 35.5. The highest BCUT2D eigenvalue weighted by Gasteiger charge is 2.54. The van der Waals surface area contributed by atoms with E-state index in [0.29, 0.717) is 28.4 Å². The molecule has 1 unspecified atom stereocenters. The van der Waals surface area contributed by atoms with Crippen LogP contribution < -0.4 is 0 Å². The van der Waals surface area contributed by atoms with Gasteiger partial charge in [-0.05, 0) is 91.5 Å². The summed E-state index contributed by atoms with van der Waals surface area (Å²) in [5, 5.41) is 0. The Morgan fingerprint density at radius 2 is 1.94 bits per heavy atom. The highest BCUT2D eigenvalue weighted by molar-refractivity contribution is 7.96. The van der Waals surface area contributed by atoms with Crippen molar-refractivity contribution in [2.45, 2.75) is 63.7 Å². The number of fused-ring (bicyclic) bond motifs is 5. The maximum absolute atomic E-state index is 12.9. The molecule has 0 saturated heterocycles. The minimum Gasteiger partial charge on any atom is -0.605 e. The summed E-state index contributed by atoms with van der Waals surface area (Å²) in [5.41, 5.74) is 7.64. The van der Waals surface area contributed by atoms with Gasteiger partial charge in [0, 0.05) is 28.4 Å². The third kappa shape index (κ3) is 3.42. The topological polar surface area (TPSA) is 40.1 Å². The Labute approximate surface area is 193 Å². The molecule has 2 nitrogen and oxygen atoms in total. The van der Waals surface area contributed by atoms with Crippen LogP contribution in [0.2, 0.25) is 0 Å². The van der Waals surface area contributed by atoms with Gasteiger partial charge >= 0.3 is 0 Å². The molecule has 0 spiro atoms. The van der Waals surface area contributed by atoms with Crippen LogP contribution in [-0.4, -0.2) is 10.3 Å². The third-order valence-corrected chi connectivity index (χ3v) is 10.1. The number of halogens is 1. The van der Waals surface area contributed by atoms with E-state index in [1.165, 1.54) is 11.1 Å². The molecule has 1 aromatic rings. The van der Waals surface area contributed by atoms with Gasteiger partial charge in [0.25, 0.3) is 4.36 Å². The Morgan fingerprint density at radius 1 is 1.16 bits per heavy atom. The van der Waals surface area contributed by atoms with Crippen molar-refractivity contribution in [1.82, 2.24) is 0 Å². The molecule has 5 rings (SSSR count). The van der Waals surface area contributed by atoms with E-state index in [1.807, 2.05) is 36.4 Å². The molecule has 0 bridgehead atoms. The fourth-order valence-corrected chi connectivity index (χ4v) is 7.90. The average Bonchev–Trinajstić information content (AvgIpc) is 3.10. The summed E-state index contributed by atoms with van der Waals surface area (Å²) in [6, 6.07) is 9.38. The lowest BCUT2D eigenvalue weighted by atomic mass is 9.52. The Balaban J connectivity index is 1.50. The average molecular weight is 453 g/mol. The molecule has 31 heavy (non-hydrogen) atoms. The number of allylic oxidation sites excluding steroid dienone is 5. The first-order valence-corrected chi connectivity index (χ1v) is 12.9. The molecule has 0 aliphatic heterocycles. The number of hydrogen-bond acceptors (Lipinski definition) is 2. The van der Waals surface area contributed by atoms with Crippen molar-refractivity contribution in [2.24, 2.45) is 22.7 Å². The number of carbonyl (C=O) groups is 1. The normalized spacial score (nSPS) is 35.2. The van der Waals surface area contributed by atoms with E-state index >= 15 is 0 Å². The number of benzene rings is 1. The second-order valence-corrected chi connectivity index (χ2v) is 12.0. The van der Waals surface area contributed by atoms with Crippen molar-refractivity contribution in [3.8, 4) is 0 Å². The van der Waals surface area contributed by atoms with Gasteiger partial charge in [0.05, 0.1) is 0 Å². The Hall–Kier alpha value is -1.51. The van der Waals surface area contributed by atoms with E-state index < -0.39 is 11.2 Å².